The minimum absolute atomic E-state index is 0.0853. The SMILES string of the molecule is O=C1CCCN1Cc1n[nH]c2cc(O)c(C(=O)N3Cc4ccc(OCCN5CCNCC5)cc4C3)cc12. The molecule has 194 valence electrons. The highest BCUT2D eigenvalue weighted by Gasteiger charge is 2.28. The predicted octanol–water partition coefficient (Wildman–Crippen LogP) is 1.83. The molecule has 2 fully saturated rings. The summed E-state index contributed by atoms with van der Waals surface area (Å²) in [7, 11) is 0. The van der Waals surface area contributed by atoms with E-state index in [1.807, 2.05) is 18.2 Å². The third-order valence-corrected chi connectivity index (χ3v) is 7.57. The number of aromatic hydroxyl groups is 1. The number of likely N-dealkylation sites (tertiary alicyclic amines) is 1. The van der Waals surface area contributed by atoms with Gasteiger partial charge in [0.2, 0.25) is 5.91 Å². The first-order valence-electron chi connectivity index (χ1n) is 13.0. The zero-order chi connectivity index (χ0) is 25.4. The average molecular weight is 505 g/mol. The van der Waals surface area contributed by atoms with Crippen molar-refractivity contribution in [1.82, 2.24) is 30.2 Å². The summed E-state index contributed by atoms with van der Waals surface area (Å²) in [5.41, 5.74) is 3.72. The van der Waals surface area contributed by atoms with Gasteiger partial charge < -0.3 is 25.0 Å². The number of H-pyrrole nitrogens is 1. The zero-order valence-corrected chi connectivity index (χ0v) is 20.8. The van der Waals surface area contributed by atoms with Crippen molar-refractivity contribution < 1.29 is 19.4 Å². The van der Waals surface area contributed by atoms with E-state index in [4.69, 9.17) is 4.74 Å². The van der Waals surface area contributed by atoms with Gasteiger partial charge in [0, 0.05) is 70.2 Å². The van der Waals surface area contributed by atoms with Gasteiger partial charge in [0.25, 0.3) is 5.91 Å². The molecule has 37 heavy (non-hydrogen) atoms. The zero-order valence-electron chi connectivity index (χ0n) is 20.8. The minimum atomic E-state index is -0.235. The van der Waals surface area contributed by atoms with E-state index in [2.05, 4.69) is 20.4 Å². The number of benzene rings is 2. The monoisotopic (exact) mass is 504 g/mol. The summed E-state index contributed by atoms with van der Waals surface area (Å²) in [6.07, 6.45) is 1.41. The second kappa shape index (κ2) is 10.0. The summed E-state index contributed by atoms with van der Waals surface area (Å²) in [6.45, 7) is 7.69. The van der Waals surface area contributed by atoms with Crippen molar-refractivity contribution in [2.75, 3.05) is 45.9 Å². The number of hydrogen-bond acceptors (Lipinski definition) is 7. The maximum Gasteiger partial charge on any atom is 0.258 e. The number of amides is 2. The smallest absolute Gasteiger partial charge is 0.258 e. The summed E-state index contributed by atoms with van der Waals surface area (Å²) in [4.78, 5) is 31.5. The van der Waals surface area contributed by atoms with Crippen LogP contribution in [0.5, 0.6) is 11.5 Å². The number of aromatic nitrogens is 2. The maximum atomic E-state index is 13.5. The number of nitrogens with zero attached hydrogens (tertiary/aromatic N) is 4. The number of carbonyl (C=O) groups is 2. The number of phenols is 1. The van der Waals surface area contributed by atoms with E-state index in [0.29, 0.717) is 50.4 Å². The number of nitrogens with one attached hydrogen (secondary N) is 2. The van der Waals surface area contributed by atoms with Gasteiger partial charge in [-0.1, -0.05) is 6.07 Å². The molecular weight excluding hydrogens is 472 g/mol. The number of hydrogen-bond donors (Lipinski definition) is 3. The Labute approximate surface area is 215 Å². The van der Waals surface area contributed by atoms with E-state index in [0.717, 1.165) is 61.4 Å². The first-order chi connectivity index (χ1) is 18.0. The summed E-state index contributed by atoms with van der Waals surface area (Å²) in [5, 5.41) is 22.0. The van der Waals surface area contributed by atoms with Crippen molar-refractivity contribution in [3.63, 3.8) is 0 Å². The Morgan fingerprint density at radius 1 is 1.08 bits per heavy atom. The van der Waals surface area contributed by atoms with Gasteiger partial charge in [0.05, 0.1) is 23.3 Å². The third-order valence-electron chi connectivity index (χ3n) is 7.57. The van der Waals surface area contributed by atoms with Gasteiger partial charge in [-0.15, -0.1) is 0 Å². The molecule has 0 aliphatic carbocycles. The van der Waals surface area contributed by atoms with E-state index < -0.39 is 0 Å². The molecule has 0 saturated carbocycles. The first-order valence-corrected chi connectivity index (χ1v) is 13.0. The quantitative estimate of drug-likeness (QED) is 0.450. The van der Waals surface area contributed by atoms with Crippen LogP contribution in [-0.4, -0.2) is 87.7 Å². The summed E-state index contributed by atoms with van der Waals surface area (Å²) >= 11 is 0. The number of ether oxygens (including phenoxy) is 1. The van der Waals surface area contributed by atoms with E-state index in [1.165, 1.54) is 0 Å². The molecule has 6 rings (SSSR count). The normalized spacial score (nSPS) is 18.1. The predicted molar refractivity (Wildman–Crippen MR) is 137 cm³/mol. The number of aromatic amines is 1. The summed E-state index contributed by atoms with van der Waals surface area (Å²) in [5.74, 6) is 0.610. The standard InChI is InChI=1S/C27H32N6O4/c34-25-14-23-21(24(30-29-23)17-32-7-1-2-26(32)35)13-22(25)27(36)33-15-18-3-4-20(12-19(18)16-33)37-11-10-31-8-5-28-6-9-31/h3-4,12-14,28,34H,1-2,5-11,15-17H2,(H,29,30). The summed E-state index contributed by atoms with van der Waals surface area (Å²) in [6, 6.07) is 9.24. The molecule has 0 radical (unpaired) electrons. The number of fused-ring (bicyclic) bond motifs is 2. The van der Waals surface area contributed by atoms with Gasteiger partial charge in [0.1, 0.15) is 18.1 Å². The average Bonchev–Trinajstić information content (AvgIpc) is 3.62. The van der Waals surface area contributed by atoms with E-state index in [9.17, 15) is 14.7 Å². The number of carbonyl (C=O) groups excluding carboxylic acids is 2. The van der Waals surface area contributed by atoms with Gasteiger partial charge in [0.15, 0.2) is 0 Å². The van der Waals surface area contributed by atoms with Crippen LogP contribution in [0.2, 0.25) is 0 Å². The molecule has 2 amide bonds. The molecule has 0 atom stereocenters. The van der Waals surface area contributed by atoms with Crippen LogP contribution in [0.4, 0.5) is 0 Å². The number of piperazine rings is 1. The Balaban J connectivity index is 1.14. The molecule has 3 aliphatic heterocycles. The Hall–Kier alpha value is -3.63. The van der Waals surface area contributed by atoms with Gasteiger partial charge in [-0.05, 0) is 35.7 Å². The fraction of sp³-hybridized carbons (Fsp3) is 0.444. The second-order valence-corrected chi connectivity index (χ2v) is 10.0. The lowest BCUT2D eigenvalue weighted by atomic mass is 10.1. The lowest BCUT2D eigenvalue weighted by molar-refractivity contribution is -0.128. The van der Waals surface area contributed by atoms with Crippen LogP contribution >= 0.6 is 0 Å². The second-order valence-electron chi connectivity index (χ2n) is 10.0. The van der Waals surface area contributed by atoms with E-state index in [1.54, 1.807) is 21.9 Å². The van der Waals surface area contributed by atoms with Crippen LogP contribution in [0.25, 0.3) is 10.9 Å². The maximum absolute atomic E-state index is 13.5. The molecule has 0 spiro atoms. The topological polar surface area (TPSA) is 114 Å². The molecular formula is C27H32N6O4. The van der Waals surface area contributed by atoms with Crippen LogP contribution < -0.4 is 10.1 Å². The molecule has 10 heteroatoms. The molecule has 3 N–H and O–H groups in total. The highest BCUT2D eigenvalue weighted by atomic mass is 16.5. The molecule has 10 nitrogen and oxygen atoms in total. The fourth-order valence-electron chi connectivity index (χ4n) is 5.45. The first kappa shape index (κ1) is 23.7. The molecule has 1 aromatic heterocycles. The molecule has 4 heterocycles. The van der Waals surface area contributed by atoms with Crippen molar-refractivity contribution in [2.24, 2.45) is 0 Å². The lowest BCUT2D eigenvalue weighted by Crippen LogP contribution is -2.44. The molecule has 0 bridgehead atoms. The van der Waals surface area contributed by atoms with Crippen molar-refractivity contribution in [3.05, 3.63) is 52.7 Å². The van der Waals surface area contributed by atoms with Crippen LogP contribution in [0.3, 0.4) is 0 Å². The van der Waals surface area contributed by atoms with Crippen LogP contribution in [-0.2, 0) is 24.4 Å². The van der Waals surface area contributed by atoms with Gasteiger partial charge in [-0.3, -0.25) is 19.6 Å². The van der Waals surface area contributed by atoms with Crippen LogP contribution in [0.15, 0.2) is 30.3 Å². The van der Waals surface area contributed by atoms with Gasteiger partial charge >= 0.3 is 0 Å². The molecule has 3 aromatic rings. The van der Waals surface area contributed by atoms with Crippen molar-refractivity contribution >= 4 is 22.7 Å². The fourth-order valence-corrected chi connectivity index (χ4v) is 5.45. The Kier molecular flexibility index (Phi) is 6.43. The highest BCUT2D eigenvalue weighted by Crippen LogP contribution is 2.32. The van der Waals surface area contributed by atoms with Gasteiger partial charge in [-0.25, -0.2) is 0 Å². The highest BCUT2D eigenvalue weighted by molar-refractivity contribution is 6.01. The molecule has 2 aromatic carbocycles. The van der Waals surface area contributed by atoms with Crippen molar-refractivity contribution in [3.8, 4) is 11.5 Å². The Bertz CT molecular complexity index is 1330. The minimum Gasteiger partial charge on any atom is -0.507 e. The summed E-state index contributed by atoms with van der Waals surface area (Å²) < 4.78 is 6.00. The van der Waals surface area contributed by atoms with Crippen LogP contribution in [0.1, 0.15) is 40.0 Å². The molecule has 2 saturated heterocycles. The molecule has 0 unspecified atom stereocenters. The van der Waals surface area contributed by atoms with E-state index in [-0.39, 0.29) is 23.1 Å². The van der Waals surface area contributed by atoms with Crippen LogP contribution in [0, 0.1) is 0 Å². The molecule has 3 aliphatic rings. The number of phenolic OH excluding ortho intramolecular Hbond substituents is 1. The van der Waals surface area contributed by atoms with Gasteiger partial charge in [-0.2, -0.15) is 5.10 Å². The van der Waals surface area contributed by atoms with Crippen molar-refractivity contribution in [2.45, 2.75) is 32.5 Å². The Morgan fingerprint density at radius 3 is 2.73 bits per heavy atom. The lowest BCUT2D eigenvalue weighted by Gasteiger charge is -2.26. The Morgan fingerprint density at radius 2 is 1.92 bits per heavy atom. The van der Waals surface area contributed by atoms with Crippen molar-refractivity contribution in [1.29, 1.82) is 0 Å². The number of rotatable bonds is 7. The third kappa shape index (κ3) is 4.86. The van der Waals surface area contributed by atoms with E-state index >= 15 is 0 Å². The largest absolute Gasteiger partial charge is 0.507 e.